The van der Waals surface area contributed by atoms with E-state index >= 15 is 0 Å². The summed E-state index contributed by atoms with van der Waals surface area (Å²) in [5.74, 6) is 1.97. The number of ether oxygens (including phenoxy) is 3. The van der Waals surface area contributed by atoms with Gasteiger partial charge in [0.25, 0.3) is 0 Å². The average Bonchev–Trinajstić information content (AvgIpc) is 2.74. The first-order chi connectivity index (χ1) is 13.6. The van der Waals surface area contributed by atoms with E-state index in [4.69, 9.17) is 14.2 Å². The van der Waals surface area contributed by atoms with Crippen LogP contribution in [0, 0.1) is 0 Å². The first-order valence-electron chi connectivity index (χ1n) is 9.42. The third-order valence-corrected chi connectivity index (χ3v) is 3.98. The number of hydrogen-bond acceptors (Lipinski definition) is 5. The Balaban J connectivity index is 1.63. The summed E-state index contributed by atoms with van der Waals surface area (Å²) < 4.78 is 16.1. The Labute approximate surface area is 165 Å². The van der Waals surface area contributed by atoms with Gasteiger partial charge in [-0.15, -0.1) is 0 Å². The third-order valence-electron chi connectivity index (χ3n) is 3.98. The molecule has 0 aliphatic rings. The number of rotatable bonds is 12. The monoisotopic (exact) mass is 385 g/mol. The first kappa shape index (κ1) is 21.3. The Morgan fingerprint density at radius 3 is 2.00 bits per heavy atom. The second-order valence-electron chi connectivity index (χ2n) is 6.17. The van der Waals surface area contributed by atoms with Gasteiger partial charge in [-0.05, 0) is 55.0 Å². The average molecular weight is 385 g/mol. The number of hydrogen-bond donors (Lipinski definition) is 1. The minimum atomic E-state index is -0.172. The van der Waals surface area contributed by atoms with Crippen molar-refractivity contribution in [3.63, 3.8) is 0 Å². The summed E-state index contributed by atoms with van der Waals surface area (Å²) in [7, 11) is 1.60. The largest absolute Gasteiger partial charge is 0.497 e. The Morgan fingerprint density at radius 1 is 0.821 bits per heavy atom. The number of amides is 1. The summed E-state index contributed by atoms with van der Waals surface area (Å²) >= 11 is 0. The number of ketones is 1. The molecule has 0 aromatic heterocycles. The molecule has 6 nitrogen and oxygen atoms in total. The van der Waals surface area contributed by atoms with Gasteiger partial charge in [-0.2, -0.15) is 0 Å². The van der Waals surface area contributed by atoms with Crippen LogP contribution in [0.2, 0.25) is 0 Å². The highest BCUT2D eigenvalue weighted by molar-refractivity contribution is 5.98. The van der Waals surface area contributed by atoms with Gasteiger partial charge in [0.05, 0.1) is 20.3 Å². The fraction of sp³-hybridized carbons (Fsp3) is 0.364. The van der Waals surface area contributed by atoms with E-state index in [0.717, 1.165) is 17.9 Å². The van der Waals surface area contributed by atoms with E-state index < -0.39 is 0 Å². The molecule has 1 N–H and O–H groups in total. The molecule has 0 spiro atoms. The molecule has 0 fully saturated rings. The molecule has 6 heteroatoms. The summed E-state index contributed by atoms with van der Waals surface area (Å²) in [5, 5.41) is 2.75. The summed E-state index contributed by atoms with van der Waals surface area (Å²) in [6.45, 7) is 3.41. The van der Waals surface area contributed by atoms with Crippen LogP contribution in [-0.2, 0) is 4.79 Å². The predicted octanol–water partition coefficient (Wildman–Crippen LogP) is 3.64. The topological polar surface area (TPSA) is 73.9 Å². The molecule has 2 rings (SSSR count). The lowest BCUT2D eigenvalue weighted by Crippen LogP contribution is -2.28. The standard InChI is InChI=1S/C22H27NO5/c1-3-15-27-19-6-4-17(5-7-19)21(24)12-13-22(25)23-14-16-28-20-10-8-18(26-2)9-11-20/h4-11H,3,12-16H2,1-2H3,(H,23,25). The highest BCUT2D eigenvalue weighted by Crippen LogP contribution is 2.17. The molecule has 2 aromatic rings. The van der Waals surface area contributed by atoms with Crippen molar-refractivity contribution >= 4 is 11.7 Å². The second-order valence-corrected chi connectivity index (χ2v) is 6.17. The van der Waals surface area contributed by atoms with Crippen molar-refractivity contribution in [2.75, 3.05) is 26.9 Å². The van der Waals surface area contributed by atoms with E-state index in [1.165, 1.54) is 0 Å². The molecular weight excluding hydrogens is 358 g/mol. The van der Waals surface area contributed by atoms with Crippen molar-refractivity contribution in [3.8, 4) is 17.2 Å². The zero-order valence-electron chi connectivity index (χ0n) is 16.4. The van der Waals surface area contributed by atoms with Gasteiger partial charge in [-0.3, -0.25) is 9.59 Å². The quantitative estimate of drug-likeness (QED) is 0.446. The lowest BCUT2D eigenvalue weighted by atomic mass is 10.1. The van der Waals surface area contributed by atoms with Crippen LogP contribution in [0.15, 0.2) is 48.5 Å². The van der Waals surface area contributed by atoms with E-state index in [2.05, 4.69) is 5.32 Å². The van der Waals surface area contributed by atoms with E-state index in [0.29, 0.717) is 31.1 Å². The molecule has 2 aromatic carbocycles. The maximum absolute atomic E-state index is 12.2. The van der Waals surface area contributed by atoms with Gasteiger partial charge in [0.2, 0.25) is 5.91 Å². The molecule has 0 aliphatic heterocycles. The third kappa shape index (κ3) is 7.31. The van der Waals surface area contributed by atoms with Gasteiger partial charge in [-0.25, -0.2) is 0 Å². The van der Waals surface area contributed by atoms with Gasteiger partial charge < -0.3 is 19.5 Å². The zero-order valence-corrected chi connectivity index (χ0v) is 16.4. The highest BCUT2D eigenvalue weighted by Gasteiger charge is 2.09. The number of Topliss-reactive ketones (excluding diaryl/α,β-unsaturated/α-hetero) is 1. The van der Waals surface area contributed by atoms with Gasteiger partial charge in [0.15, 0.2) is 5.78 Å². The molecule has 1 amide bonds. The molecule has 28 heavy (non-hydrogen) atoms. The number of carbonyl (C=O) groups excluding carboxylic acids is 2. The second kappa shape index (κ2) is 11.6. The Morgan fingerprint density at radius 2 is 1.39 bits per heavy atom. The number of benzene rings is 2. The fourth-order valence-corrected chi connectivity index (χ4v) is 2.45. The van der Waals surface area contributed by atoms with Crippen LogP contribution in [-0.4, -0.2) is 38.6 Å². The van der Waals surface area contributed by atoms with E-state index in [9.17, 15) is 9.59 Å². The summed E-state index contributed by atoms with van der Waals surface area (Å²) in [6.07, 6.45) is 1.25. The van der Waals surface area contributed by atoms with Crippen LogP contribution in [0.25, 0.3) is 0 Å². The fourth-order valence-electron chi connectivity index (χ4n) is 2.45. The molecule has 0 atom stereocenters. The van der Waals surface area contributed by atoms with Crippen LogP contribution in [0.1, 0.15) is 36.5 Å². The lowest BCUT2D eigenvalue weighted by molar-refractivity contribution is -0.121. The van der Waals surface area contributed by atoms with Crippen LogP contribution in [0.4, 0.5) is 0 Å². The molecule has 0 bridgehead atoms. The van der Waals surface area contributed by atoms with Crippen LogP contribution < -0.4 is 19.5 Å². The van der Waals surface area contributed by atoms with Crippen LogP contribution >= 0.6 is 0 Å². The van der Waals surface area contributed by atoms with Crippen molar-refractivity contribution in [2.45, 2.75) is 26.2 Å². The van der Waals surface area contributed by atoms with Crippen LogP contribution in [0.3, 0.4) is 0 Å². The first-order valence-corrected chi connectivity index (χ1v) is 9.42. The summed E-state index contributed by atoms with van der Waals surface area (Å²) in [4.78, 5) is 24.1. The summed E-state index contributed by atoms with van der Waals surface area (Å²) in [6, 6.07) is 14.2. The minimum absolute atomic E-state index is 0.0633. The van der Waals surface area contributed by atoms with E-state index in [-0.39, 0.29) is 24.5 Å². The van der Waals surface area contributed by atoms with Crippen molar-refractivity contribution in [1.82, 2.24) is 5.32 Å². The molecule has 0 saturated heterocycles. The zero-order chi connectivity index (χ0) is 20.2. The van der Waals surface area contributed by atoms with Crippen molar-refractivity contribution in [3.05, 3.63) is 54.1 Å². The van der Waals surface area contributed by atoms with Crippen LogP contribution in [0.5, 0.6) is 17.2 Å². The lowest BCUT2D eigenvalue weighted by Gasteiger charge is -2.08. The normalized spacial score (nSPS) is 10.2. The maximum atomic E-state index is 12.2. The van der Waals surface area contributed by atoms with Gasteiger partial charge in [0, 0.05) is 18.4 Å². The maximum Gasteiger partial charge on any atom is 0.220 e. The Bertz CT molecular complexity index is 741. The molecule has 0 unspecified atom stereocenters. The molecule has 0 aliphatic carbocycles. The Hall–Kier alpha value is -3.02. The van der Waals surface area contributed by atoms with Gasteiger partial charge in [-0.1, -0.05) is 6.92 Å². The van der Waals surface area contributed by atoms with Gasteiger partial charge in [0.1, 0.15) is 23.9 Å². The molecule has 0 radical (unpaired) electrons. The van der Waals surface area contributed by atoms with Crippen molar-refractivity contribution in [1.29, 1.82) is 0 Å². The van der Waals surface area contributed by atoms with E-state index in [1.54, 1.807) is 43.5 Å². The smallest absolute Gasteiger partial charge is 0.220 e. The van der Waals surface area contributed by atoms with Crippen molar-refractivity contribution < 1.29 is 23.8 Å². The number of nitrogens with one attached hydrogen (secondary N) is 1. The molecular formula is C22H27NO5. The molecule has 150 valence electrons. The van der Waals surface area contributed by atoms with Gasteiger partial charge >= 0.3 is 0 Å². The SMILES string of the molecule is CCCOc1ccc(C(=O)CCC(=O)NCCOc2ccc(OC)cc2)cc1. The Kier molecular flexibility index (Phi) is 8.85. The van der Waals surface area contributed by atoms with E-state index in [1.807, 2.05) is 19.1 Å². The number of carbonyl (C=O) groups is 2. The highest BCUT2D eigenvalue weighted by atomic mass is 16.5. The molecule has 0 heterocycles. The minimum Gasteiger partial charge on any atom is -0.497 e. The van der Waals surface area contributed by atoms with Crippen molar-refractivity contribution in [2.24, 2.45) is 0 Å². The number of methoxy groups -OCH3 is 1. The molecule has 0 saturated carbocycles. The summed E-state index contributed by atoms with van der Waals surface area (Å²) in [5.41, 5.74) is 0.583. The predicted molar refractivity (Wildman–Crippen MR) is 107 cm³/mol.